The highest BCUT2D eigenvalue weighted by molar-refractivity contribution is 5.90. The van der Waals surface area contributed by atoms with Crippen molar-refractivity contribution in [2.45, 2.75) is 83.1 Å². The standard InChI is InChI=1S/C31H39N7O7.C31H37N7O6.CH4/c1-20-14-22(15-23-19-34-37-26(20)23)17-25(28(39)40)35-29(41)38-8-5-31(6-9-38)24-16-21(18-33-27(24)36-30(42)45-31)4-3-10-43-12-13-44-11-7-32-2;1-20-14-22(15-23-19-33-36-26(20)23)17-25-28(39)37(2)9-11-43-13-12-42-10-3-4-21-16-24-27(32-18-21)35-30(41)44-31(24)5-7-38(8-6-31)29(40)34-25;/h3-4,14-16,18-19,25,32H,5-13,17H2,1-2H3,(H,34,37)(H,35,41)(H,39,40)(H,33,36,42);3-4,14-16,18-19,25H,5-13,17H2,1-2H3,(H,33,36)(H,34,40)(H,32,35,41);1H4/b2*4-3+;/t2*25-;/m11./s1. The fourth-order valence-corrected chi connectivity index (χ4v) is 11.7. The van der Waals surface area contributed by atoms with Crippen molar-refractivity contribution in [2.75, 3.05) is 117 Å². The summed E-state index contributed by atoms with van der Waals surface area (Å²) in [7, 11) is 3.58. The number of fused-ring (bicyclic) bond motifs is 18. The van der Waals surface area contributed by atoms with Gasteiger partial charge in [0.1, 0.15) is 34.9 Å². The molecule has 0 radical (unpaired) electrons. The number of aromatic nitrogens is 6. The molecule has 2 fully saturated rings. The first-order chi connectivity index (χ1) is 43.1. The van der Waals surface area contributed by atoms with Crippen LogP contribution in [0.4, 0.5) is 30.8 Å². The second-order valence-corrected chi connectivity index (χ2v) is 22.6. The van der Waals surface area contributed by atoms with Crippen LogP contribution in [0.5, 0.6) is 0 Å². The van der Waals surface area contributed by atoms with Crippen LogP contribution in [0.2, 0.25) is 0 Å². The number of likely N-dealkylation sites (N-methyl/N-ethyl adjacent to an activating group) is 2. The quantitative estimate of drug-likeness (QED) is 0.0408. The lowest BCUT2D eigenvalue weighted by atomic mass is 9.83. The van der Waals surface area contributed by atoms with Gasteiger partial charge in [0.15, 0.2) is 0 Å². The number of rotatable bonds is 15. The Morgan fingerprint density at radius 2 is 1.39 bits per heavy atom. The molecule has 90 heavy (non-hydrogen) atoms. The summed E-state index contributed by atoms with van der Waals surface area (Å²) in [5.41, 5.74) is 6.77. The number of carbonyl (C=O) groups is 6. The van der Waals surface area contributed by atoms with Gasteiger partial charge >= 0.3 is 30.2 Å². The first kappa shape index (κ1) is 65.4. The van der Waals surface area contributed by atoms with Gasteiger partial charge in [0, 0.05) is 119 Å². The van der Waals surface area contributed by atoms with Gasteiger partial charge in [-0.1, -0.05) is 43.9 Å². The summed E-state index contributed by atoms with van der Waals surface area (Å²) in [6.07, 6.45) is 15.1. The number of urea groups is 2. The van der Waals surface area contributed by atoms with Crippen LogP contribution in [-0.4, -0.2) is 205 Å². The number of carboxylic acid groups (broad SMARTS) is 1. The molecule has 4 bridgehead atoms. The normalized spacial score (nSPS) is 20.1. The third-order valence-electron chi connectivity index (χ3n) is 16.5. The highest BCUT2D eigenvalue weighted by Gasteiger charge is 2.48. The molecular formula is C63H80N14O13. The van der Waals surface area contributed by atoms with E-state index in [-0.39, 0.29) is 38.9 Å². The van der Waals surface area contributed by atoms with Crippen molar-refractivity contribution < 1.29 is 62.3 Å². The molecule has 2 aromatic carbocycles. The van der Waals surface area contributed by atoms with E-state index >= 15 is 0 Å². The first-order valence-electron chi connectivity index (χ1n) is 29.8. The van der Waals surface area contributed by atoms with E-state index in [1.165, 1.54) is 0 Å². The number of amides is 7. The summed E-state index contributed by atoms with van der Waals surface area (Å²) in [6.45, 7) is 9.79. The molecule has 480 valence electrons. The van der Waals surface area contributed by atoms with Crippen LogP contribution < -0.4 is 26.6 Å². The molecule has 6 aromatic rings. The van der Waals surface area contributed by atoms with Gasteiger partial charge in [-0.05, 0) is 78.5 Å². The molecular weight excluding hydrogens is 1160 g/mol. The zero-order chi connectivity index (χ0) is 62.5. The average molecular weight is 1240 g/mol. The number of likely N-dealkylation sites (tertiary alicyclic amines) is 1. The summed E-state index contributed by atoms with van der Waals surface area (Å²) in [6, 6.07) is 8.88. The third-order valence-corrected chi connectivity index (χ3v) is 16.5. The Morgan fingerprint density at radius 1 is 0.767 bits per heavy atom. The third kappa shape index (κ3) is 15.9. The molecule has 0 saturated carbocycles. The predicted molar refractivity (Wildman–Crippen MR) is 335 cm³/mol. The number of H-pyrrole nitrogens is 2. The molecule has 4 aromatic heterocycles. The number of anilines is 2. The molecule has 2 spiro atoms. The van der Waals surface area contributed by atoms with E-state index in [2.05, 4.69) is 56.9 Å². The summed E-state index contributed by atoms with van der Waals surface area (Å²) in [5.74, 6) is -0.459. The average Bonchev–Trinajstić information content (AvgIpc) is 0.984. The molecule has 6 aliphatic heterocycles. The number of hydrogen-bond acceptors (Lipinski definition) is 17. The number of nitrogens with one attached hydrogen (secondary N) is 7. The Hall–Kier alpha value is -9.02. The number of hydrogen-bond donors (Lipinski definition) is 8. The largest absolute Gasteiger partial charge is 0.480 e. The lowest BCUT2D eigenvalue weighted by Crippen LogP contribution is -2.56. The summed E-state index contributed by atoms with van der Waals surface area (Å²) in [5, 5.41) is 39.9. The number of piperidine rings is 2. The molecule has 0 unspecified atom stereocenters. The maximum Gasteiger partial charge on any atom is 0.413 e. The predicted octanol–water partition coefficient (Wildman–Crippen LogP) is 6.39. The van der Waals surface area contributed by atoms with E-state index in [4.69, 9.17) is 28.4 Å². The minimum absolute atomic E-state index is 0. The number of carboxylic acids is 1. The van der Waals surface area contributed by atoms with Gasteiger partial charge in [-0.2, -0.15) is 10.2 Å². The molecule has 0 aliphatic carbocycles. The monoisotopic (exact) mass is 1240 g/mol. The summed E-state index contributed by atoms with van der Waals surface area (Å²) >= 11 is 0. The van der Waals surface area contributed by atoms with Crippen molar-refractivity contribution >= 4 is 81.7 Å². The Labute approximate surface area is 521 Å². The lowest BCUT2D eigenvalue weighted by Gasteiger charge is -2.44. The Morgan fingerprint density at radius 3 is 2.07 bits per heavy atom. The number of carbonyl (C=O) groups excluding carboxylic acids is 5. The van der Waals surface area contributed by atoms with Crippen molar-refractivity contribution in [3.05, 3.63) is 118 Å². The first-order valence-corrected chi connectivity index (χ1v) is 29.8. The van der Waals surface area contributed by atoms with E-state index in [9.17, 15) is 33.9 Å². The van der Waals surface area contributed by atoms with Crippen molar-refractivity contribution in [1.82, 2.24) is 61.0 Å². The van der Waals surface area contributed by atoms with Crippen LogP contribution in [-0.2, 0) is 62.1 Å². The zero-order valence-corrected chi connectivity index (χ0v) is 50.4. The van der Waals surface area contributed by atoms with Crippen molar-refractivity contribution in [3.8, 4) is 0 Å². The topological polar surface area (TPSA) is 331 Å². The SMILES string of the molecule is C.CNCCOCCOC/C=C/c1cnc2c(c1)C1(CCN(C(=O)N[C@H](Cc3cc(C)c4[nH]ncc4c3)C(=O)O)CC1)OC(=O)N2.Cc1cc(C[C@H]2NC(=O)N3CCC4(CC3)OC(=O)Nc3ncc(cc34)/C=C/COCCOCCN(C)C2=O)cc2cn[nH]c12. The molecule has 10 heterocycles. The second-order valence-electron chi connectivity index (χ2n) is 22.6. The van der Waals surface area contributed by atoms with E-state index in [1.807, 2.05) is 81.6 Å². The van der Waals surface area contributed by atoms with Gasteiger partial charge < -0.3 is 64.2 Å². The number of ether oxygens (including phenoxy) is 6. The molecule has 8 N–H and O–H groups in total. The van der Waals surface area contributed by atoms with Crippen LogP contribution in [0.3, 0.4) is 0 Å². The molecule has 7 amide bonds. The smallest absolute Gasteiger partial charge is 0.413 e. The van der Waals surface area contributed by atoms with E-state index in [0.717, 1.165) is 72.9 Å². The van der Waals surface area contributed by atoms with Crippen molar-refractivity contribution in [3.63, 3.8) is 0 Å². The number of aryl methyl sites for hydroxylation is 2. The summed E-state index contributed by atoms with van der Waals surface area (Å²) in [4.78, 5) is 91.4. The number of aromatic amines is 2. The zero-order valence-electron chi connectivity index (χ0n) is 50.4. The molecule has 2 saturated heterocycles. The van der Waals surface area contributed by atoms with Gasteiger partial charge in [0.25, 0.3) is 0 Å². The molecule has 6 aliphatic rings. The minimum Gasteiger partial charge on any atom is -0.480 e. The minimum atomic E-state index is -1.13. The summed E-state index contributed by atoms with van der Waals surface area (Å²) < 4.78 is 34.1. The van der Waals surface area contributed by atoms with Crippen molar-refractivity contribution in [2.24, 2.45) is 0 Å². The fourth-order valence-electron chi connectivity index (χ4n) is 11.7. The van der Waals surface area contributed by atoms with E-state index in [1.54, 1.807) is 46.5 Å². The van der Waals surface area contributed by atoms with Gasteiger partial charge in [-0.15, -0.1) is 0 Å². The van der Waals surface area contributed by atoms with E-state index in [0.29, 0.717) is 116 Å². The van der Waals surface area contributed by atoms with Gasteiger partial charge in [0.2, 0.25) is 5.91 Å². The highest BCUT2D eigenvalue weighted by Crippen LogP contribution is 2.45. The van der Waals surface area contributed by atoms with Gasteiger partial charge in [-0.3, -0.25) is 25.6 Å². The maximum atomic E-state index is 13.7. The Balaban J connectivity index is 0.000000211. The van der Waals surface area contributed by atoms with Crippen LogP contribution in [0.15, 0.2) is 73.3 Å². The van der Waals surface area contributed by atoms with Crippen molar-refractivity contribution in [1.29, 1.82) is 0 Å². The maximum absolute atomic E-state index is 13.7. The Bertz CT molecular complexity index is 3590. The number of benzene rings is 2. The molecule has 27 heteroatoms. The number of aliphatic carboxylic acids is 1. The second kappa shape index (κ2) is 30.0. The van der Waals surface area contributed by atoms with Crippen LogP contribution >= 0.6 is 0 Å². The van der Waals surface area contributed by atoms with Crippen LogP contribution in [0.1, 0.15) is 77.6 Å². The Kier molecular flexibility index (Phi) is 21.8. The molecule has 27 nitrogen and oxygen atoms in total. The highest BCUT2D eigenvalue weighted by atomic mass is 16.6. The molecule has 12 rings (SSSR count). The fraction of sp³-hybridized carbons (Fsp3) is 0.460. The van der Waals surface area contributed by atoms with Gasteiger partial charge in [-0.25, -0.2) is 33.9 Å². The van der Waals surface area contributed by atoms with E-state index < -0.39 is 47.5 Å². The van der Waals surface area contributed by atoms with Crippen LogP contribution in [0.25, 0.3) is 34.0 Å². The van der Waals surface area contributed by atoms with Crippen LogP contribution in [0, 0.1) is 13.8 Å². The lowest BCUT2D eigenvalue weighted by molar-refractivity contribution is -0.139. The number of nitrogens with zero attached hydrogens (tertiary/aromatic N) is 7. The van der Waals surface area contributed by atoms with Gasteiger partial charge in [0.05, 0.1) is 76.3 Å². The molecule has 2 atom stereocenters. The number of pyridine rings is 2.